The summed E-state index contributed by atoms with van der Waals surface area (Å²) in [5.41, 5.74) is 1.48. The van der Waals surface area contributed by atoms with E-state index in [0.29, 0.717) is 24.6 Å². The van der Waals surface area contributed by atoms with Crippen LogP contribution in [-0.4, -0.2) is 60.1 Å². The van der Waals surface area contributed by atoms with Gasteiger partial charge in [0, 0.05) is 37.7 Å². The van der Waals surface area contributed by atoms with Gasteiger partial charge in [-0.2, -0.15) is 0 Å². The minimum atomic E-state index is -0.598. The number of nitrogens with zero attached hydrogens (tertiary/aromatic N) is 1. The Balaban J connectivity index is 1.26. The minimum absolute atomic E-state index is 0.0817. The number of hydrogen-bond acceptors (Lipinski definition) is 6. The van der Waals surface area contributed by atoms with Gasteiger partial charge in [0.15, 0.2) is 0 Å². The standard InChI is InChI=1S/C25H33N3O5/c1-32-21-8-4-6-18(21)26-19-5-2-3-7-22(19)33-16-9-10-17-15(13-16)14-28(25(17)31)20-11-12-23(29)27-24(20)30/h9-10,13,18-22,26H,2-8,11-12,14H2,1H3,(H,27,29,30)/t18?,19-,20?,21?,22-/m1/s1. The summed E-state index contributed by atoms with van der Waals surface area (Å²) in [6, 6.07) is 5.68. The van der Waals surface area contributed by atoms with E-state index in [0.717, 1.165) is 43.4 Å². The van der Waals surface area contributed by atoms with Gasteiger partial charge in [-0.15, -0.1) is 0 Å². The fourth-order valence-electron chi connectivity index (χ4n) is 5.90. The van der Waals surface area contributed by atoms with E-state index in [2.05, 4.69) is 10.6 Å². The van der Waals surface area contributed by atoms with Crippen molar-refractivity contribution in [1.82, 2.24) is 15.5 Å². The first kappa shape index (κ1) is 22.3. The molecule has 8 nitrogen and oxygen atoms in total. The molecule has 3 fully saturated rings. The average molecular weight is 456 g/mol. The lowest BCUT2D eigenvalue weighted by Gasteiger charge is -2.35. The molecule has 0 radical (unpaired) electrons. The molecule has 178 valence electrons. The Morgan fingerprint density at radius 3 is 2.55 bits per heavy atom. The van der Waals surface area contributed by atoms with Gasteiger partial charge < -0.3 is 19.7 Å². The zero-order valence-electron chi connectivity index (χ0n) is 19.2. The zero-order chi connectivity index (χ0) is 22.9. The SMILES string of the molecule is COC1CCCC1N[C@@H]1CCCC[C@H]1Oc1ccc2c(c1)CN(C1CCC(=O)NC1=O)C2=O. The van der Waals surface area contributed by atoms with Crippen molar-refractivity contribution in [2.24, 2.45) is 0 Å². The third kappa shape index (κ3) is 4.51. The molecule has 2 N–H and O–H groups in total. The van der Waals surface area contributed by atoms with Crippen molar-refractivity contribution in [2.45, 2.75) is 94.7 Å². The van der Waals surface area contributed by atoms with Crippen LogP contribution in [-0.2, 0) is 20.9 Å². The molecule has 8 heteroatoms. The molecule has 3 amide bonds. The van der Waals surface area contributed by atoms with Crippen LogP contribution in [0, 0.1) is 0 Å². The van der Waals surface area contributed by atoms with Gasteiger partial charge >= 0.3 is 0 Å². The van der Waals surface area contributed by atoms with Crippen LogP contribution in [0.25, 0.3) is 0 Å². The number of imide groups is 1. The molecular formula is C25H33N3O5. The molecule has 0 aromatic heterocycles. The van der Waals surface area contributed by atoms with E-state index in [1.165, 1.54) is 12.8 Å². The van der Waals surface area contributed by atoms with Crippen LogP contribution < -0.4 is 15.4 Å². The Kier molecular flexibility index (Phi) is 6.38. The molecular weight excluding hydrogens is 422 g/mol. The number of piperidine rings is 1. The Morgan fingerprint density at radius 2 is 1.73 bits per heavy atom. The number of ether oxygens (including phenoxy) is 2. The normalized spacial score (nSPS) is 32.1. The predicted octanol–water partition coefficient (Wildman–Crippen LogP) is 2.29. The Labute approximate surface area is 194 Å². The topological polar surface area (TPSA) is 97.0 Å². The van der Waals surface area contributed by atoms with Gasteiger partial charge in [0.2, 0.25) is 11.8 Å². The smallest absolute Gasteiger partial charge is 0.255 e. The maximum absolute atomic E-state index is 12.9. The lowest BCUT2D eigenvalue weighted by molar-refractivity contribution is -0.136. The molecule has 0 bridgehead atoms. The number of methoxy groups -OCH3 is 1. The molecule has 5 rings (SSSR count). The summed E-state index contributed by atoms with van der Waals surface area (Å²) in [4.78, 5) is 38.3. The van der Waals surface area contributed by atoms with Gasteiger partial charge in [0.25, 0.3) is 5.91 Å². The van der Waals surface area contributed by atoms with Crippen LogP contribution >= 0.6 is 0 Å². The second kappa shape index (κ2) is 9.43. The van der Waals surface area contributed by atoms with Gasteiger partial charge in [0.1, 0.15) is 17.9 Å². The number of benzene rings is 1. The molecule has 0 spiro atoms. The Morgan fingerprint density at radius 1 is 0.970 bits per heavy atom. The maximum Gasteiger partial charge on any atom is 0.255 e. The van der Waals surface area contributed by atoms with Gasteiger partial charge in [-0.05, 0) is 68.7 Å². The summed E-state index contributed by atoms with van der Waals surface area (Å²) in [6.07, 6.45) is 8.85. The van der Waals surface area contributed by atoms with Gasteiger partial charge in [0.05, 0.1) is 6.10 Å². The van der Waals surface area contributed by atoms with Crippen molar-refractivity contribution in [3.05, 3.63) is 29.3 Å². The summed E-state index contributed by atoms with van der Waals surface area (Å²) in [7, 11) is 1.80. The van der Waals surface area contributed by atoms with E-state index in [4.69, 9.17) is 9.47 Å². The molecule has 1 aromatic carbocycles. The lowest BCUT2D eigenvalue weighted by atomic mass is 9.91. The summed E-state index contributed by atoms with van der Waals surface area (Å²) < 4.78 is 12.1. The third-order valence-electron chi connectivity index (χ3n) is 7.67. The van der Waals surface area contributed by atoms with Crippen molar-refractivity contribution >= 4 is 17.7 Å². The van der Waals surface area contributed by atoms with E-state index < -0.39 is 6.04 Å². The van der Waals surface area contributed by atoms with E-state index in [9.17, 15) is 14.4 Å². The quantitative estimate of drug-likeness (QED) is 0.639. The van der Waals surface area contributed by atoms with Crippen molar-refractivity contribution in [3.63, 3.8) is 0 Å². The fourth-order valence-corrected chi connectivity index (χ4v) is 5.90. The van der Waals surface area contributed by atoms with Crippen molar-refractivity contribution in [1.29, 1.82) is 0 Å². The number of fused-ring (bicyclic) bond motifs is 1. The van der Waals surface area contributed by atoms with Crippen molar-refractivity contribution < 1.29 is 23.9 Å². The number of hydrogen-bond donors (Lipinski definition) is 2. The van der Waals surface area contributed by atoms with Gasteiger partial charge in [-0.3, -0.25) is 19.7 Å². The molecule has 2 aliphatic heterocycles. The summed E-state index contributed by atoms with van der Waals surface area (Å²) in [6.45, 7) is 0.363. The molecule has 2 saturated carbocycles. The third-order valence-corrected chi connectivity index (χ3v) is 7.67. The van der Waals surface area contributed by atoms with Crippen LogP contribution in [0.1, 0.15) is 73.7 Å². The number of amides is 3. The summed E-state index contributed by atoms with van der Waals surface area (Å²) in [5, 5.41) is 6.17. The van der Waals surface area contributed by atoms with Crippen LogP contribution in [0.15, 0.2) is 18.2 Å². The highest BCUT2D eigenvalue weighted by atomic mass is 16.5. The number of rotatable bonds is 6. The number of carbonyl (C=O) groups is 3. The van der Waals surface area contributed by atoms with Crippen molar-refractivity contribution in [3.8, 4) is 5.75 Å². The molecule has 3 unspecified atom stereocenters. The monoisotopic (exact) mass is 455 g/mol. The average Bonchev–Trinajstić information content (AvgIpc) is 3.39. The highest BCUT2D eigenvalue weighted by molar-refractivity contribution is 6.05. The van der Waals surface area contributed by atoms with Gasteiger partial charge in [-0.25, -0.2) is 0 Å². The summed E-state index contributed by atoms with van der Waals surface area (Å²) in [5.74, 6) is -0.0578. The van der Waals surface area contributed by atoms with E-state index in [1.807, 2.05) is 18.2 Å². The van der Waals surface area contributed by atoms with Crippen LogP contribution in [0.4, 0.5) is 0 Å². The molecule has 5 atom stereocenters. The lowest BCUT2D eigenvalue weighted by Crippen LogP contribution is -2.52. The highest BCUT2D eigenvalue weighted by Crippen LogP contribution is 2.32. The second-order valence-electron chi connectivity index (χ2n) is 9.74. The second-order valence-corrected chi connectivity index (χ2v) is 9.74. The van der Waals surface area contributed by atoms with Crippen LogP contribution in [0.3, 0.4) is 0 Å². The number of carbonyl (C=O) groups excluding carboxylic acids is 3. The minimum Gasteiger partial charge on any atom is -0.489 e. The van der Waals surface area contributed by atoms with Gasteiger partial charge in [-0.1, -0.05) is 6.42 Å². The largest absolute Gasteiger partial charge is 0.489 e. The highest BCUT2D eigenvalue weighted by Gasteiger charge is 2.39. The zero-order valence-corrected chi connectivity index (χ0v) is 19.2. The summed E-state index contributed by atoms with van der Waals surface area (Å²) >= 11 is 0. The van der Waals surface area contributed by atoms with Crippen LogP contribution in [0.2, 0.25) is 0 Å². The molecule has 33 heavy (non-hydrogen) atoms. The molecule has 2 heterocycles. The first-order valence-corrected chi connectivity index (χ1v) is 12.3. The molecule has 4 aliphatic rings. The van der Waals surface area contributed by atoms with E-state index in [1.54, 1.807) is 12.0 Å². The molecule has 1 aromatic rings. The molecule has 2 aliphatic carbocycles. The van der Waals surface area contributed by atoms with Crippen molar-refractivity contribution in [2.75, 3.05) is 7.11 Å². The molecule has 1 saturated heterocycles. The van der Waals surface area contributed by atoms with Crippen LogP contribution in [0.5, 0.6) is 5.75 Å². The Bertz CT molecular complexity index is 935. The first-order valence-electron chi connectivity index (χ1n) is 12.3. The Hall–Kier alpha value is -2.45. The number of nitrogens with one attached hydrogen (secondary N) is 2. The maximum atomic E-state index is 12.9. The van der Waals surface area contributed by atoms with E-state index >= 15 is 0 Å². The van der Waals surface area contributed by atoms with E-state index in [-0.39, 0.29) is 42.4 Å². The predicted molar refractivity (Wildman–Crippen MR) is 121 cm³/mol. The fraction of sp³-hybridized carbons (Fsp3) is 0.640. The first-order chi connectivity index (χ1) is 16.0.